The van der Waals surface area contributed by atoms with Crippen molar-refractivity contribution in [2.45, 2.75) is 33.4 Å². The van der Waals surface area contributed by atoms with Gasteiger partial charge in [0.2, 0.25) is 0 Å². The molecule has 3 rings (SSSR count). The first kappa shape index (κ1) is 18.1. The SMILES string of the molecule is CC(C)CCOC(=O)Cn1ccc2c(OCc3ccccc3)cccc21. The van der Waals surface area contributed by atoms with Gasteiger partial charge in [-0.1, -0.05) is 50.2 Å². The van der Waals surface area contributed by atoms with Gasteiger partial charge in [-0.25, -0.2) is 0 Å². The molecular weight excluding hydrogens is 326 g/mol. The molecule has 1 heterocycles. The lowest BCUT2D eigenvalue weighted by molar-refractivity contribution is -0.144. The highest BCUT2D eigenvalue weighted by molar-refractivity contribution is 5.87. The Kier molecular flexibility index (Phi) is 5.95. The van der Waals surface area contributed by atoms with Gasteiger partial charge >= 0.3 is 5.97 Å². The van der Waals surface area contributed by atoms with E-state index in [0.29, 0.717) is 19.1 Å². The normalized spacial score (nSPS) is 11.0. The van der Waals surface area contributed by atoms with Crippen molar-refractivity contribution in [1.82, 2.24) is 4.57 Å². The number of carbonyl (C=O) groups excluding carboxylic acids is 1. The van der Waals surface area contributed by atoms with Crippen LogP contribution in [0.4, 0.5) is 0 Å². The van der Waals surface area contributed by atoms with Gasteiger partial charge in [0.05, 0.1) is 12.1 Å². The summed E-state index contributed by atoms with van der Waals surface area (Å²) in [5.41, 5.74) is 2.09. The standard InChI is InChI=1S/C22H25NO3/c1-17(2)12-14-25-22(24)15-23-13-11-19-20(23)9-6-10-21(19)26-16-18-7-4-3-5-8-18/h3-11,13,17H,12,14-16H2,1-2H3. The Bertz CT molecular complexity index is 852. The quantitative estimate of drug-likeness (QED) is 0.547. The Labute approximate surface area is 154 Å². The third kappa shape index (κ3) is 4.66. The average molecular weight is 351 g/mol. The first-order valence-corrected chi connectivity index (χ1v) is 9.03. The molecule has 0 aliphatic rings. The van der Waals surface area contributed by atoms with Crippen molar-refractivity contribution in [1.29, 1.82) is 0 Å². The summed E-state index contributed by atoms with van der Waals surface area (Å²) in [6.45, 7) is 5.43. The lowest BCUT2D eigenvalue weighted by atomic mass is 10.1. The van der Waals surface area contributed by atoms with E-state index in [1.54, 1.807) is 0 Å². The summed E-state index contributed by atoms with van der Waals surface area (Å²) >= 11 is 0. The lowest BCUT2D eigenvalue weighted by Crippen LogP contribution is -2.14. The molecule has 0 N–H and O–H groups in total. The molecule has 1 aromatic heterocycles. The lowest BCUT2D eigenvalue weighted by Gasteiger charge is -2.10. The third-order valence-corrected chi connectivity index (χ3v) is 4.27. The van der Waals surface area contributed by atoms with Gasteiger partial charge < -0.3 is 14.0 Å². The molecule has 0 bridgehead atoms. The van der Waals surface area contributed by atoms with Gasteiger partial charge in [0, 0.05) is 11.6 Å². The molecule has 0 atom stereocenters. The van der Waals surface area contributed by atoms with Gasteiger partial charge in [0.15, 0.2) is 0 Å². The van der Waals surface area contributed by atoms with E-state index in [2.05, 4.69) is 13.8 Å². The fourth-order valence-electron chi connectivity index (χ4n) is 2.79. The second kappa shape index (κ2) is 8.56. The van der Waals surface area contributed by atoms with Gasteiger partial charge in [-0.05, 0) is 36.1 Å². The van der Waals surface area contributed by atoms with Crippen LogP contribution < -0.4 is 4.74 Å². The van der Waals surface area contributed by atoms with Crippen LogP contribution >= 0.6 is 0 Å². The predicted octanol–water partition coefficient (Wildman–Crippen LogP) is 4.81. The maximum absolute atomic E-state index is 12.1. The Hall–Kier alpha value is -2.75. The Morgan fingerprint density at radius 2 is 1.85 bits per heavy atom. The topological polar surface area (TPSA) is 40.5 Å². The molecule has 4 nitrogen and oxygen atoms in total. The molecule has 0 radical (unpaired) electrons. The van der Waals surface area contributed by atoms with Gasteiger partial charge in [-0.2, -0.15) is 0 Å². The van der Waals surface area contributed by atoms with Crippen LogP contribution in [-0.4, -0.2) is 17.1 Å². The van der Waals surface area contributed by atoms with Crippen LogP contribution in [0.5, 0.6) is 5.75 Å². The van der Waals surface area contributed by atoms with Crippen molar-refractivity contribution in [2.24, 2.45) is 5.92 Å². The van der Waals surface area contributed by atoms with Crippen molar-refractivity contribution in [3.8, 4) is 5.75 Å². The van der Waals surface area contributed by atoms with Crippen molar-refractivity contribution in [3.63, 3.8) is 0 Å². The summed E-state index contributed by atoms with van der Waals surface area (Å²) in [6.07, 6.45) is 2.79. The highest BCUT2D eigenvalue weighted by Gasteiger charge is 2.11. The van der Waals surface area contributed by atoms with Crippen LogP contribution in [0, 0.1) is 5.92 Å². The highest BCUT2D eigenvalue weighted by Crippen LogP contribution is 2.27. The Morgan fingerprint density at radius 3 is 2.62 bits per heavy atom. The number of hydrogen-bond acceptors (Lipinski definition) is 3. The fraction of sp³-hybridized carbons (Fsp3) is 0.318. The summed E-state index contributed by atoms with van der Waals surface area (Å²) < 4.78 is 13.2. The largest absolute Gasteiger partial charge is 0.488 e. The fourth-order valence-corrected chi connectivity index (χ4v) is 2.79. The van der Waals surface area contributed by atoms with E-state index in [4.69, 9.17) is 9.47 Å². The number of nitrogens with zero attached hydrogens (tertiary/aromatic N) is 1. The molecule has 0 aliphatic carbocycles. The monoisotopic (exact) mass is 351 g/mol. The van der Waals surface area contributed by atoms with E-state index >= 15 is 0 Å². The molecule has 2 aromatic carbocycles. The van der Waals surface area contributed by atoms with E-state index in [1.165, 1.54) is 0 Å². The maximum Gasteiger partial charge on any atom is 0.325 e. The molecular formula is C22H25NO3. The Balaban J connectivity index is 1.67. The first-order chi connectivity index (χ1) is 12.6. The molecule has 4 heteroatoms. The number of hydrogen-bond donors (Lipinski definition) is 0. The number of ether oxygens (including phenoxy) is 2. The second-order valence-corrected chi connectivity index (χ2v) is 6.81. The van der Waals surface area contributed by atoms with Crippen LogP contribution in [0.2, 0.25) is 0 Å². The van der Waals surface area contributed by atoms with Crippen LogP contribution in [-0.2, 0) is 22.7 Å². The molecule has 0 spiro atoms. The molecule has 26 heavy (non-hydrogen) atoms. The summed E-state index contributed by atoms with van der Waals surface area (Å²) in [4.78, 5) is 12.1. The number of esters is 1. The van der Waals surface area contributed by atoms with Gasteiger partial charge in [-0.15, -0.1) is 0 Å². The minimum atomic E-state index is -0.209. The number of fused-ring (bicyclic) bond motifs is 1. The zero-order valence-electron chi connectivity index (χ0n) is 15.4. The molecule has 0 unspecified atom stereocenters. The summed E-state index contributed by atoms with van der Waals surface area (Å²) in [5.74, 6) is 1.14. The van der Waals surface area contributed by atoms with E-state index in [0.717, 1.165) is 28.6 Å². The van der Waals surface area contributed by atoms with E-state index in [1.807, 2.05) is 65.4 Å². The predicted molar refractivity (Wildman–Crippen MR) is 103 cm³/mol. The van der Waals surface area contributed by atoms with Crippen molar-refractivity contribution < 1.29 is 14.3 Å². The first-order valence-electron chi connectivity index (χ1n) is 9.03. The molecule has 136 valence electrons. The molecule has 0 amide bonds. The molecule has 0 fully saturated rings. The van der Waals surface area contributed by atoms with E-state index in [-0.39, 0.29) is 12.5 Å². The zero-order valence-corrected chi connectivity index (χ0v) is 15.4. The van der Waals surface area contributed by atoms with Gasteiger partial charge in [0.1, 0.15) is 18.9 Å². The maximum atomic E-state index is 12.1. The summed E-state index contributed by atoms with van der Waals surface area (Å²) in [6, 6.07) is 18.0. The van der Waals surface area contributed by atoms with E-state index < -0.39 is 0 Å². The number of benzene rings is 2. The summed E-state index contributed by atoms with van der Waals surface area (Å²) in [7, 11) is 0. The number of carbonyl (C=O) groups is 1. The smallest absolute Gasteiger partial charge is 0.325 e. The van der Waals surface area contributed by atoms with Crippen molar-refractivity contribution in [2.75, 3.05) is 6.61 Å². The second-order valence-electron chi connectivity index (χ2n) is 6.81. The van der Waals surface area contributed by atoms with E-state index in [9.17, 15) is 4.79 Å². The van der Waals surface area contributed by atoms with Crippen molar-refractivity contribution >= 4 is 16.9 Å². The number of rotatable bonds is 8. The molecule has 0 saturated heterocycles. The van der Waals surface area contributed by atoms with Gasteiger partial charge in [-0.3, -0.25) is 4.79 Å². The molecule has 3 aromatic rings. The zero-order chi connectivity index (χ0) is 18.4. The third-order valence-electron chi connectivity index (χ3n) is 4.27. The van der Waals surface area contributed by atoms with Crippen molar-refractivity contribution in [3.05, 3.63) is 66.4 Å². The minimum Gasteiger partial charge on any atom is -0.488 e. The van der Waals surface area contributed by atoms with Crippen LogP contribution in [0.25, 0.3) is 10.9 Å². The number of aromatic nitrogens is 1. The van der Waals surface area contributed by atoms with Gasteiger partial charge in [0.25, 0.3) is 0 Å². The van der Waals surface area contributed by atoms with Crippen LogP contribution in [0.15, 0.2) is 60.8 Å². The minimum absolute atomic E-state index is 0.209. The van der Waals surface area contributed by atoms with Crippen LogP contribution in [0.1, 0.15) is 25.8 Å². The Morgan fingerprint density at radius 1 is 1.04 bits per heavy atom. The average Bonchev–Trinajstić information content (AvgIpc) is 3.04. The molecule has 0 aliphatic heterocycles. The highest BCUT2D eigenvalue weighted by atomic mass is 16.5. The molecule has 0 saturated carbocycles. The summed E-state index contributed by atoms with van der Waals surface area (Å²) in [5, 5.41) is 0.999. The van der Waals surface area contributed by atoms with Crippen LogP contribution in [0.3, 0.4) is 0 Å².